The minimum atomic E-state index is 0.589. The summed E-state index contributed by atoms with van der Waals surface area (Å²) in [5.74, 6) is 1.34. The second-order valence-corrected chi connectivity index (χ2v) is 3.93. The Kier molecular flexibility index (Phi) is 7.98. The summed E-state index contributed by atoms with van der Waals surface area (Å²) in [6.45, 7) is 5.45. The predicted octanol–water partition coefficient (Wildman–Crippen LogP) is 1.40. The van der Waals surface area contributed by atoms with Crippen molar-refractivity contribution in [1.29, 1.82) is 0 Å². The molecule has 0 aromatic rings. The van der Waals surface area contributed by atoms with Crippen molar-refractivity contribution in [3.63, 3.8) is 0 Å². The summed E-state index contributed by atoms with van der Waals surface area (Å²) in [5, 5.41) is 3.38. The Morgan fingerprint density at radius 2 is 2.08 bits per heavy atom. The molecule has 0 radical (unpaired) electrons. The lowest BCUT2D eigenvalue weighted by atomic mass is 10.2. The minimum absolute atomic E-state index is 0.589. The van der Waals surface area contributed by atoms with Crippen LogP contribution in [0, 0.1) is 5.92 Å². The molecule has 0 aliphatic carbocycles. The molecule has 1 unspecified atom stereocenters. The SMILES string of the molecule is CC(CCl)CNCCCN(C)C. The first-order chi connectivity index (χ1) is 5.66. The highest BCUT2D eigenvalue weighted by atomic mass is 35.5. The van der Waals surface area contributed by atoms with E-state index in [0.29, 0.717) is 5.92 Å². The fourth-order valence-electron chi connectivity index (χ4n) is 0.923. The summed E-state index contributed by atoms with van der Waals surface area (Å²) in [7, 11) is 4.20. The van der Waals surface area contributed by atoms with E-state index in [2.05, 4.69) is 31.2 Å². The molecule has 0 amide bonds. The first-order valence-corrected chi connectivity index (χ1v) is 5.11. The van der Waals surface area contributed by atoms with E-state index in [0.717, 1.165) is 25.5 Å². The third-order valence-electron chi connectivity index (χ3n) is 1.72. The first-order valence-electron chi connectivity index (χ1n) is 4.58. The quantitative estimate of drug-likeness (QED) is 0.485. The van der Waals surface area contributed by atoms with Gasteiger partial charge in [-0.05, 0) is 46.1 Å². The Balaban J connectivity index is 3.00. The number of rotatable bonds is 7. The molecule has 0 heterocycles. The normalized spacial score (nSPS) is 13.8. The molecule has 0 aliphatic heterocycles. The van der Waals surface area contributed by atoms with E-state index < -0.39 is 0 Å². The van der Waals surface area contributed by atoms with Gasteiger partial charge in [-0.2, -0.15) is 0 Å². The summed E-state index contributed by atoms with van der Waals surface area (Å²) in [6.07, 6.45) is 1.21. The van der Waals surface area contributed by atoms with Crippen LogP contribution in [-0.4, -0.2) is 44.5 Å². The number of nitrogens with one attached hydrogen (secondary N) is 1. The van der Waals surface area contributed by atoms with Crippen LogP contribution >= 0.6 is 11.6 Å². The van der Waals surface area contributed by atoms with Crippen molar-refractivity contribution in [3.8, 4) is 0 Å². The molecule has 0 rings (SSSR count). The zero-order chi connectivity index (χ0) is 9.40. The molecule has 0 saturated heterocycles. The van der Waals surface area contributed by atoms with Crippen molar-refractivity contribution in [3.05, 3.63) is 0 Å². The van der Waals surface area contributed by atoms with Crippen molar-refractivity contribution < 1.29 is 0 Å². The fraction of sp³-hybridized carbons (Fsp3) is 1.00. The van der Waals surface area contributed by atoms with Gasteiger partial charge in [0.05, 0.1) is 0 Å². The monoisotopic (exact) mass is 192 g/mol. The summed E-state index contributed by atoms with van der Waals surface area (Å²) < 4.78 is 0. The summed E-state index contributed by atoms with van der Waals surface area (Å²) in [5.41, 5.74) is 0. The standard InChI is InChI=1S/C9H21ClN2/c1-9(7-10)8-11-5-4-6-12(2)3/h9,11H,4-8H2,1-3H3. The maximum absolute atomic E-state index is 5.67. The maximum Gasteiger partial charge on any atom is 0.0261 e. The van der Waals surface area contributed by atoms with Crippen molar-refractivity contribution in [2.24, 2.45) is 5.92 Å². The summed E-state index contributed by atoms with van der Waals surface area (Å²) in [6, 6.07) is 0. The van der Waals surface area contributed by atoms with Crippen LogP contribution in [0.1, 0.15) is 13.3 Å². The Morgan fingerprint density at radius 1 is 1.42 bits per heavy atom. The van der Waals surface area contributed by atoms with E-state index in [1.54, 1.807) is 0 Å². The number of halogens is 1. The highest BCUT2D eigenvalue weighted by molar-refractivity contribution is 6.18. The Bertz CT molecular complexity index is 96.5. The molecule has 0 fully saturated rings. The van der Waals surface area contributed by atoms with Crippen LogP contribution in [0.5, 0.6) is 0 Å². The summed E-state index contributed by atoms with van der Waals surface area (Å²) in [4.78, 5) is 2.20. The van der Waals surface area contributed by atoms with Crippen molar-refractivity contribution >= 4 is 11.6 Å². The van der Waals surface area contributed by atoms with Crippen LogP contribution in [0.2, 0.25) is 0 Å². The maximum atomic E-state index is 5.67. The fourth-order valence-corrected chi connectivity index (χ4v) is 1.03. The van der Waals surface area contributed by atoms with Crippen LogP contribution in [0.15, 0.2) is 0 Å². The van der Waals surface area contributed by atoms with Crippen molar-refractivity contribution in [1.82, 2.24) is 10.2 Å². The van der Waals surface area contributed by atoms with Gasteiger partial charge < -0.3 is 10.2 Å². The molecule has 0 bridgehead atoms. The molecule has 12 heavy (non-hydrogen) atoms. The van der Waals surface area contributed by atoms with Crippen molar-refractivity contribution in [2.75, 3.05) is 39.6 Å². The Morgan fingerprint density at radius 3 is 2.58 bits per heavy atom. The lowest BCUT2D eigenvalue weighted by molar-refractivity contribution is 0.391. The van der Waals surface area contributed by atoms with Gasteiger partial charge in [0.2, 0.25) is 0 Å². The van der Waals surface area contributed by atoms with E-state index in [9.17, 15) is 0 Å². The lowest BCUT2D eigenvalue weighted by Crippen LogP contribution is -2.25. The van der Waals surface area contributed by atoms with Crippen LogP contribution in [0.3, 0.4) is 0 Å². The zero-order valence-corrected chi connectivity index (χ0v) is 9.19. The molecular formula is C9H21ClN2. The topological polar surface area (TPSA) is 15.3 Å². The highest BCUT2D eigenvalue weighted by Gasteiger charge is 1.97. The molecule has 0 aliphatic rings. The van der Waals surface area contributed by atoms with E-state index in [1.807, 2.05) is 0 Å². The average molecular weight is 193 g/mol. The second kappa shape index (κ2) is 7.84. The van der Waals surface area contributed by atoms with E-state index in [-0.39, 0.29) is 0 Å². The number of alkyl halides is 1. The van der Waals surface area contributed by atoms with E-state index in [1.165, 1.54) is 6.42 Å². The molecule has 0 spiro atoms. The van der Waals surface area contributed by atoms with Gasteiger partial charge in [-0.25, -0.2) is 0 Å². The average Bonchev–Trinajstić information content (AvgIpc) is 2.03. The van der Waals surface area contributed by atoms with Gasteiger partial charge in [-0.1, -0.05) is 6.92 Å². The Labute approximate surface area is 81.3 Å². The molecule has 0 saturated carbocycles. The largest absolute Gasteiger partial charge is 0.316 e. The smallest absolute Gasteiger partial charge is 0.0261 e. The lowest BCUT2D eigenvalue weighted by Gasteiger charge is -2.11. The van der Waals surface area contributed by atoms with Gasteiger partial charge in [-0.3, -0.25) is 0 Å². The molecule has 0 aromatic heterocycles. The van der Waals surface area contributed by atoms with E-state index in [4.69, 9.17) is 11.6 Å². The number of hydrogen-bond acceptors (Lipinski definition) is 2. The third kappa shape index (κ3) is 8.31. The Hall–Kier alpha value is 0.210. The molecular weight excluding hydrogens is 172 g/mol. The number of nitrogens with zero attached hydrogens (tertiary/aromatic N) is 1. The van der Waals surface area contributed by atoms with Gasteiger partial charge in [0.1, 0.15) is 0 Å². The number of hydrogen-bond donors (Lipinski definition) is 1. The predicted molar refractivity (Wildman–Crippen MR) is 55.9 cm³/mol. The summed E-state index contributed by atoms with van der Waals surface area (Å²) >= 11 is 5.67. The van der Waals surface area contributed by atoms with Gasteiger partial charge in [0, 0.05) is 5.88 Å². The molecule has 1 N–H and O–H groups in total. The molecule has 74 valence electrons. The van der Waals surface area contributed by atoms with Gasteiger partial charge in [0.15, 0.2) is 0 Å². The van der Waals surface area contributed by atoms with E-state index >= 15 is 0 Å². The van der Waals surface area contributed by atoms with Gasteiger partial charge >= 0.3 is 0 Å². The minimum Gasteiger partial charge on any atom is -0.316 e. The van der Waals surface area contributed by atoms with Crippen LogP contribution in [0.25, 0.3) is 0 Å². The van der Waals surface area contributed by atoms with Crippen LogP contribution < -0.4 is 5.32 Å². The molecule has 3 heteroatoms. The molecule has 1 atom stereocenters. The molecule has 0 aromatic carbocycles. The highest BCUT2D eigenvalue weighted by Crippen LogP contribution is 1.94. The van der Waals surface area contributed by atoms with Gasteiger partial charge in [0.25, 0.3) is 0 Å². The second-order valence-electron chi connectivity index (χ2n) is 3.62. The van der Waals surface area contributed by atoms with Crippen molar-refractivity contribution in [2.45, 2.75) is 13.3 Å². The van der Waals surface area contributed by atoms with Crippen LogP contribution in [-0.2, 0) is 0 Å². The third-order valence-corrected chi connectivity index (χ3v) is 2.24. The van der Waals surface area contributed by atoms with Gasteiger partial charge in [-0.15, -0.1) is 11.6 Å². The van der Waals surface area contributed by atoms with Crippen LogP contribution in [0.4, 0.5) is 0 Å². The zero-order valence-electron chi connectivity index (χ0n) is 8.44. The first kappa shape index (κ1) is 12.2. The molecule has 2 nitrogen and oxygen atoms in total.